The number of nitriles is 1. The molecule has 0 fully saturated rings. The summed E-state index contributed by atoms with van der Waals surface area (Å²) in [6, 6.07) is 4.03. The molecule has 0 bridgehead atoms. The van der Waals surface area contributed by atoms with Crippen molar-refractivity contribution in [3.8, 4) is 6.07 Å². The van der Waals surface area contributed by atoms with E-state index in [9.17, 15) is 4.39 Å². The van der Waals surface area contributed by atoms with E-state index >= 15 is 0 Å². The third-order valence-corrected chi connectivity index (χ3v) is 2.15. The smallest absolute Gasteiger partial charge is 0.147 e. The molecule has 1 rings (SSSR count). The monoisotopic (exact) mass is 213 g/mol. The van der Waals surface area contributed by atoms with Gasteiger partial charge in [-0.3, -0.25) is 0 Å². The maximum absolute atomic E-state index is 13.1. The molecule has 1 atom stereocenters. The zero-order valence-electron chi connectivity index (χ0n) is 7.30. The summed E-state index contributed by atoms with van der Waals surface area (Å²) in [7, 11) is 0. The number of anilines is 1. The first kappa shape index (κ1) is 10.8. The third-order valence-electron chi connectivity index (χ3n) is 1.84. The van der Waals surface area contributed by atoms with Gasteiger partial charge in [0.25, 0.3) is 0 Å². The van der Waals surface area contributed by atoms with Gasteiger partial charge in [-0.05, 0) is 17.7 Å². The largest absolute Gasteiger partial charge is 0.395 e. The Labute approximate surface area is 86.1 Å². The number of nitrogen functional groups attached to an aromatic ring is 1. The van der Waals surface area contributed by atoms with Crippen molar-refractivity contribution in [3.63, 3.8) is 0 Å². The molecule has 0 spiro atoms. The minimum absolute atomic E-state index is 0.0976. The van der Waals surface area contributed by atoms with Gasteiger partial charge >= 0.3 is 0 Å². The highest BCUT2D eigenvalue weighted by Gasteiger charge is 2.11. The minimum Gasteiger partial charge on any atom is -0.395 e. The van der Waals surface area contributed by atoms with Gasteiger partial charge in [0.1, 0.15) is 5.82 Å². The van der Waals surface area contributed by atoms with Crippen molar-refractivity contribution in [2.24, 2.45) is 5.73 Å². The van der Waals surface area contributed by atoms with Gasteiger partial charge in [-0.25, -0.2) is 4.39 Å². The zero-order valence-corrected chi connectivity index (χ0v) is 8.05. The van der Waals surface area contributed by atoms with Gasteiger partial charge in [0.15, 0.2) is 0 Å². The van der Waals surface area contributed by atoms with Crippen LogP contribution in [0.25, 0.3) is 0 Å². The van der Waals surface area contributed by atoms with Crippen molar-refractivity contribution in [1.82, 2.24) is 0 Å². The van der Waals surface area contributed by atoms with Crippen molar-refractivity contribution in [3.05, 3.63) is 28.5 Å². The quantitative estimate of drug-likeness (QED) is 0.738. The van der Waals surface area contributed by atoms with Crippen LogP contribution in [0.2, 0.25) is 5.02 Å². The summed E-state index contributed by atoms with van der Waals surface area (Å²) in [5.74, 6) is -0.610. The Hall–Kier alpha value is -1.31. The van der Waals surface area contributed by atoms with Crippen LogP contribution in [0, 0.1) is 17.1 Å². The van der Waals surface area contributed by atoms with Gasteiger partial charge in [0, 0.05) is 6.04 Å². The average Bonchev–Trinajstić information content (AvgIpc) is 2.13. The number of hydrogen-bond donors (Lipinski definition) is 2. The van der Waals surface area contributed by atoms with Gasteiger partial charge < -0.3 is 11.5 Å². The molecule has 0 radical (unpaired) electrons. The molecule has 5 heteroatoms. The van der Waals surface area contributed by atoms with Gasteiger partial charge in [-0.15, -0.1) is 0 Å². The van der Waals surface area contributed by atoms with Crippen LogP contribution in [0.15, 0.2) is 12.1 Å². The molecule has 0 saturated carbocycles. The fraction of sp³-hybridized carbons (Fsp3) is 0.222. The maximum atomic E-state index is 13.1. The Kier molecular flexibility index (Phi) is 3.28. The first-order valence-corrected chi connectivity index (χ1v) is 4.31. The highest BCUT2D eigenvalue weighted by molar-refractivity contribution is 6.33. The molecule has 3 nitrogen and oxygen atoms in total. The average molecular weight is 214 g/mol. The molecule has 1 aromatic carbocycles. The number of nitrogens with zero attached hydrogens (tertiary/aromatic N) is 1. The van der Waals surface area contributed by atoms with Crippen LogP contribution in [0.1, 0.15) is 18.0 Å². The zero-order chi connectivity index (χ0) is 10.7. The Morgan fingerprint density at radius 2 is 2.21 bits per heavy atom. The number of rotatable bonds is 2. The Morgan fingerprint density at radius 1 is 1.57 bits per heavy atom. The third kappa shape index (κ3) is 2.13. The summed E-state index contributed by atoms with van der Waals surface area (Å²) in [5.41, 5.74) is 11.3. The molecule has 14 heavy (non-hydrogen) atoms. The number of halogens is 2. The molecule has 0 unspecified atom stereocenters. The Morgan fingerprint density at radius 3 is 2.71 bits per heavy atom. The van der Waals surface area contributed by atoms with E-state index in [-0.39, 0.29) is 17.1 Å². The van der Waals surface area contributed by atoms with Crippen molar-refractivity contribution in [2.45, 2.75) is 12.5 Å². The highest BCUT2D eigenvalue weighted by atomic mass is 35.5. The second kappa shape index (κ2) is 4.27. The summed E-state index contributed by atoms with van der Waals surface area (Å²) in [5, 5.41) is 8.53. The second-order valence-electron chi connectivity index (χ2n) is 2.87. The van der Waals surface area contributed by atoms with Crippen molar-refractivity contribution in [2.75, 3.05) is 5.73 Å². The molecule has 1 aromatic rings. The van der Waals surface area contributed by atoms with E-state index in [0.717, 1.165) is 0 Å². The lowest BCUT2D eigenvalue weighted by molar-refractivity contribution is 0.625. The normalized spacial score (nSPS) is 12.1. The van der Waals surface area contributed by atoms with Crippen molar-refractivity contribution < 1.29 is 4.39 Å². The van der Waals surface area contributed by atoms with Crippen LogP contribution in [-0.2, 0) is 0 Å². The minimum atomic E-state index is -0.610. The Balaban J connectivity index is 3.07. The first-order chi connectivity index (χ1) is 6.56. The first-order valence-electron chi connectivity index (χ1n) is 3.93. The van der Waals surface area contributed by atoms with Crippen molar-refractivity contribution in [1.29, 1.82) is 5.26 Å². The lowest BCUT2D eigenvalue weighted by Crippen LogP contribution is -2.10. The standard InChI is InChI=1S/C9H9ClFN3/c10-6-3-5(8(13)1-2-12)4-7(11)9(6)14/h3-4,8H,1,13-14H2/t8-/m1/s1. The molecule has 0 aliphatic heterocycles. The SMILES string of the molecule is N#CC[C@@H](N)c1cc(F)c(N)c(Cl)c1. The van der Waals surface area contributed by atoms with Crippen LogP contribution in [0.3, 0.4) is 0 Å². The predicted octanol–water partition coefficient (Wildman–Crippen LogP) is 1.97. The lowest BCUT2D eigenvalue weighted by atomic mass is 10.0. The number of benzene rings is 1. The van der Waals surface area contributed by atoms with Crippen LogP contribution < -0.4 is 11.5 Å². The van der Waals surface area contributed by atoms with Crippen LogP contribution in [-0.4, -0.2) is 0 Å². The fourth-order valence-corrected chi connectivity index (χ4v) is 1.25. The van der Waals surface area contributed by atoms with E-state index in [0.29, 0.717) is 5.56 Å². The van der Waals surface area contributed by atoms with Gasteiger partial charge in [0.05, 0.1) is 23.2 Å². The molecule has 0 amide bonds. The molecule has 0 aliphatic carbocycles. The molecule has 0 aromatic heterocycles. The van der Waals surface area contributed by atoms with Gasteiger partial charge in [-0.1, -0.05) is 11.6 Å². The highest BCUT2D eigenvalue weighted by Crippen LogP contribution is 2.26. The van der Waals surface area contributed by atoms with E-state index in [4.69, 9.17) is 28.3 Å². The summed E-state index contributed by atoms with van der Waals surface area (Å²) in [6.07, 6.45) is 0.111. The van der Waals surface area contributed by atoms with E-state index < -0.39 is 11.9 Å². The van der Waals surface area contributed by atoms with Crippen LogP contribution >= 0.6 is 11.6 Å². The predicted molar refractivity (Wildman–Crippen MR) is 53.0 cm³/mol. The molecule has 0 aliphatic rings. The number of nitrogens with two attached hydrogens (primary N) is 2. The number of hydrogen-bond acceptors (Lipinski definition) is 3. The topological polar surface area (TPSA) is 75.8 Å². The molecular weight excluding hydrogens is 205 g/mol. The van der Waals surface area contributed by atoms with E-state index in [1.807, 2.05) is 6.07 Å². The van der Waals surface area contributed by atoms with Gasteiger partial charge in [0.2, 0.25) is 0 Å². The molecule has 0 heterocycles. The lowest BCUT2D eigenvalue weighted by Gasteiger charge is -2.09. The molecular formula is C9H9ClFN3. The molecule has 0 saturated heterocycles. The van der Waals surface area contributed by atoms with Gasteiger partial charge in [-0.2, -0.15) is 5.26 Å². The Bertz CT molecular complexity index is 363. The van der Waals surface area contributed by atoms with E-state index in [1.54, 1.807) is 0 Å². The maximum Gasteiger partial charge on any atom is 0.147 e. The second-order valence-corrected chi connectivity index (χ2v) is 3.27. The summed E-state index contributed by atoms with van der Waals surface area (Å²) >= 11 is 5.66. The molecule has 4 N–H and O–H groups in total. The van der Waals surface area contributed by atoms with Crippen molar-refractivity contribution >= 4 is 17.3 Å². The van der Waals surface area contributed by atoms with E-state index in [1.165, 1.54) is 12.1 Å². The van der Waals surface area contributed by atoms with Crippen LogP contribution in [0.5, 0.6) is 0 Å². The fourth-order valence-electron chi connectivity index (χ4n) is 1.03. The molecule has 74 valence electrons. The van der Waals surface area contributed by atoms with Crippen LogP contribution in [0.4, 0.5) is 10.1 Å². The summed E-state index contributed by atoms with van der Waals surface area (Å²) in [6.45, 7) is 0. The van der Waals surface area contributed by atoms with E-state index in [2.05, 4.69) is 0 Å². The summed E-state index contributed by atoms with van der Waals surface area (Å²) in [4.78, 5) is 0. The summed E-state index contributed by atoms with van der Waals surface area (Å²) < 4.78 is 13.1.